The average Bonchev–Trinajstić information content (AvgIpc) is 1.12. The normalized spacial score (nSPS) is 6.11. The van der Waals surface area contributed by atoms with Crippen LogP contribution in [0.25, 0.3) is 0 Å². The first-order valence-electron chi connectivity index (χ1n) is 1.33. The largest absolute Gasteiger partial charge is 2.00 e. The smallest absolute Gasteiger partial charge is 0.759 e. The first kappa shape index (κ1) is 96.6. The molecule has 0 rings (SSSR count). The van der Waals surface area contributed by atoms with Gasteiger partial charge < -0.3 is 63.4 Å². The zero-order valence-corrected chi connectivity index (χ0v) is 12.4. The molecule has 0 saturated heterocycles. The fourth-order valence-corrected chi connectivity index (χ4v) is 0. The fraction of sp³-hybridized carbons (Fsp3) is 0. The van der Waals surface area contributed by atoms with E-state index in [2.05, 4.69) is 0 Å². The minimum Gasteiger partial charge on any atom is -0.759 e. The molecule has 0 aliphatic heterocycles. The maximum atomic E-state index is 8.52. The van der Waals surface area contributed by atoms with Crippen LogP contribution in [0.4, 0.5) is 0 Å². The molecule has 0 atom stereocenters. The number of hydrogen-bond donors (Lipinski definition) is 2. The van der Waals surface area contributed by atoms with Gasteiger partial charge in [0.15, 0.2) is 0 Å². The van der Waals surface area contributed by atoms with Gasteiger partial charge in [0, 0.05) is 20.8 Å². The van der Waals surface area contributed by atoms with Gasteiger partial charge in [-0.3, -0.25) is 16.8 Å². The van der Waals surface area contributed by atoms with Crippen molar-refractivity contribution in [1.29, 1.82) is 0 Å². The minimum absolute atomic E-state index is 0. The van der Waals surface area contributed by atoms with Gasteiger partial charge in [0.25, 0.3) is 0 Å². The third kappa shape index (κ3) is 2020000. The van der Waals surface area contributed by atoms with E-state index in [0.717, 1.165) is 0 Å². The maximum Gasteiger partial charge on any atom is 2.00 e. The fourth-order valence-electron chi connectivity index (χ4n) is 0. The van der Waals surface area contributed by atoms with Crippen LogP contribution in [0.5, 0.6) is 0 Å². The Bertz CT molecular complexity index is 220. The molecule has 0 aliphatic rings. The first-order valence-corrected chi connectivity index (χ1v) is 4.00. The van der Waals surface area contributed by atoms with E-state index in [-0.39, 0.29) is 62.5 Å². The summed E-state index contributed by atoms with van der Waals surface area (Å²) >= 11 is 0. The quantitative estimate of drug-likeness (QED) is 0.295. The Morgan fingerprint density at radius 3 is 0.474 bits per heavy atom. The van der Waals surface area contributed by atoms with Crippen LogP contribution in [0.3, 0.4) is 0 Å². The summed E-state index contributed by atoms with van der Waals surface area (Å²) in [5.74, 6) is 0. The Morgan fingerprint density at radius 2 is 0.474 bits per heavy atom. The Balaban J connectivity index is -0.00000000508. The van der Waals surface area contributed by atoms with Crippen molar-refractivity contribution in [2.45, 2.75) is 0 Å². The second-order valence-corrected chi connectivity index (χ2v) is 2.45. The van der Waals surface area contributed by atoms with Gasteiger partial charge in [0.2, 0.25) is 0 Å². The van der Waals surface area contributed by atoms with Crippen LogP contribution in [0.2, 0.25) is 0 Å². The molecule has 19 heavy (non-hydrogen) atoms. The van der Waals surface area contributed by atoms with E-state index in [1.807, 2.05) is 0 Å². The Hall–Kier alpha value is -0.0475. The Labute approximate surface area is 119 Å². The average molecular weight is 388 g/mol. The maximum absolute atomic E-state index is 8.52. The molecule has 0 unspecified atom stereocenters. The zero-order chi connectivity index (χ0) is 9.00. The van der Waals surface area contributed by atoms with Crippen LogP contribution >= 0.6 is 0 Å². The molecular weight excluding hydrogens is 368 g/mol. The summed E-state index contributed by atoms with van der Waals surface area (Å²) in [7, 11) is -10.3. The third-order valence-corrected chi connectivity index (χ3v) is 0. The van der Waals surface area contributed by atoms with E-state index in [4.69, 9.17) is 35.0 Å². The van der Waals surface area contributed by atoms with Crippen LogP contribution in [-0.4, -0.2) is 67.9 Å². The van der Waals surface area contributed by atoms with E-state index in [0.29, 0.717) is 0 Å². The predicted octanol–water partition coefficient (Wildman–Crippen LogP) is -6.87. The number of quaternary nitrogens is 2. The van der Waals surface area contributed by atoms with E-state index in [1.54, 1.807) is 0 Å². The SMILES string of the molecule is O.O.O.O.O.O.O=S(=O)([O-])[O-].O=S(=O)([O-])[O-].[Cr+2].[NH4+].[NH4+]. The molecule has 0 saturated carbocycles. The summed E-state index contributed by atoms with van der Waals surface area (Å²) in [6.07, 6.45) is 0. The summed E-state index contributed by atoms with van der Waals surface area (Å²) in [5.41, 5.74) is 0. The van der Waals surface area contributed by atoms with E-state index in [1.165, 1.54) is 0 Å². The van der Waals surface area contributed by atoms with Crippen molar-refractivity contribution >= 4 is 20.8 Å². The Kier molecular flexibility index (Phi) is 184. The van der Waals surface area contributed by atoms with E-state index < -0.39 is 20.8 Å². The van der Waals surface area contributed by atoms with Crippen molar-refractivity contribution in [2.75, 3.05) is 0 Å². The monoisotopic (exact) mass is 388 g/mol. The molecule has 19 heteroatoms. The van der Waals surface area contributed by atoms with Crippen LogP contribution in [-0.2, 0) is 38.2 Å². The number of rotatable bonds is 0. The van der Waals surface area contributed by atoms with Gasteiger partial charge in [0.1, 0.15) is 0 Å². The molecule has 0 aromatic rings. The molecule has 0 bridgehead atoms. The van der Waals surface area contributed by atoms with Gasteiger partial charge in [-0.2, -0.15) is 0 Å². The van der Waals surface area contributed by atoms with Crippen LogP contribution in [0.15, 0.2) is 0 Å². The zero-order valence-electron chi connectivity index (χ0n) is 9.49. The minimum atomic E-state index is -5.17. The van der Waals surface area contributed by atoms with Crippen molar-refractivity contribution in [3.05, 3.63) is 0 Å². The molecule has 0 aromatic carbocycles. The van der Waals surface area contributed by atoms with Gasteiger partial charge >= 0.3 is 17.4 Å². The van der Waals surface area contributed by atoms with Crippen LogP contribution in [0, 0.1) is 0 Å². The molecule has 0 radical (unpaired) electrons. The van der Waals surface area contributed by atoms with Gasteiger partial charge in [-0.15, -0.1) is 0 Å². The molecule has 20 N–H and O–H groups in total. The summed E-state index contributed by atoms with van der Waals surface area (Å²) in [6.45, 7) is 0. The molecule has 16 nitrogen and oxygen atoms in total. The summed E-state index contributed by atoms with van der Waals surface area (Å²) in [5, 5.41) is 0. The summed E-state index contributed by atoms with van der Waals surface area (Å²) < 4.78 is 68.2. The van der Waals surface area contributed by atoms with Crippen molar-refractivity contribution < 1.29 is 85.3 Å². The number of hydrogen-bond acceptors (Lipinski definition) is 8. The molecule has 0 amide bonds. The predicted molar refractivity (Wildman–Crippen MR) is 54.6 cm³/mol. The van der Waals surface area contributed by atoms with E-state index in [9.17, 15) is 0 Å². The third-order valence-electron chi connectivity index (χ3n) is 0. The second kappa shape index (κ2) is 36.1. The molecule has 0 fully saturated rings. The van der Waals surface area contributed by atoms with Crippen molar-refractivity contribution in [2.24, 2.45) is 0 Å². The van der Waals surface area contributed by atoms with Crippen LogP contribution in [0.1, 0.15) is 0 Å². The second-order valence-electron chi connectivity index (χ2n) is 0.816. The molecule has 0 aromatic heterocycles. The standard InChI is InChI=1S/Cr.2H3N.2H2O4S.6H2O/c;;;2*1-5(2,3)4;;;;;;/h;2*1H3;2*(H2,1,2,3,4);6*1H2/q+2;;;;;;;;;;/p-2. The van der Waals surface area contributed by atoms with Crippen LogP contribution < -0.4 is 12.3 Å². The van der Waals surface area contributed by atoms with Crippen molar-refractivity contribution in [1.82, 2.24) is 12.3 Å². The summed E-state index contributed by atoms with van der Waals surface area (Å²) in [4.78, 5) is 0. The topological polar surface area (TPSA) is 423 Å². The van der Waals surface area contributed by atoms with E-state index >= 15 is 0 Å². The summed E-state index contributed by atoms with van der Waals surface area (Å²) in [6, 6.07) is 0. The van der Waals surface area contributed by atoms with Gasteiger partial charge in [-0.05, 0) is 0 Å². The Morgan fingerprint density at radius 1 is 0.474 bits per heavy atom. The van der Waals surface area contributed by atoms with Gasteiger partial charge in [0.05, 0.1) is 0 Å². The molecule has 132 valence electrons. The molecule has 0 spiro atoms. The van der Waals surface area contributed by atoms with Gasteiger partial charge in [-0.1, -0.05) is 0 Å². The molecule has 0 heterocycles. The van der Waals surface area contributed by atoms with Crippen molar-refractivity contribution in [3.8, 4) is 0 Å². The van der Waals surface area contributed by atoms with Gasteiger partial charge in [-0.25, -0.2) is 0 Å². The van der Waals surface area contributed by atoms with Crippen molar-refractivity contribution in [3.63, 3.8) is 0 Å². The first-order chi connectivity index (χ1) is 4.00. The molecular formula is H20CrN2O14S2. The molecule has 0 aliphatic carbocycles.